The van der Waals surface area contributed by atoms with Crippen molar-refractivity contribution in [1.82, 2.24) is 5.32 Å². The predicted molar refractivity (Wildman–Crippen MR) is 99.5 cm³/mol. The molecule has 0 aliphatic heterocycles. The molecular weight excluding hydrogens is 320 g/mol. The lowest BCUT2D eigenvalue weighted by atomic mass is 9.83. The van der Waals surface area contributed by atoms with Gasteiger partial charge in [-0.1, -0.05) is 37.5 Å². The Morgan fingerprint density at radius 2 is 1.75 bits per heavy atom. The van der Waals surface area contributed by atoms with E-state index in [2.05, 4.69) is 10.6 Å². The van der Waals surface area contributed by atoms with Gasteiger partial charge in [-0.3, -0.25) is 9.00 Å². The van der Waals surface area contributed by atoms with Crippen LogP contribution in [0.5, 0.6) is 0 Å². The van der Waals surface area contributed by atoms with Crippen LogP contribution in [0, 0.1) is 0 Å². The fourth-order valence-corrected chi connectivity index (χ4v) is 6.06. The van der Waals surface area contributed by atoms with Gasteiger partial charge in [-0.15, -0.1) is 0 Å². The van der Waals surface area contributed by atoms with E-state index in [4.69, 9.17) is 0 Å². The molecule has 1 aromatic carbocycles. The zero-order valence-electron chi connectivity index (χ0n) is 14.3. The molecule has 2 N–H and O–H groups in total. The van der Waals surface area contributed by atoms with Crippen LogP contribution in [0.15, 0.2) is 30.3 Å². The summed E-state index contributed by atoms with van der Waals surface area (Å²) in [6.45, 7) is 1.25. The third kappa shape index (κ3) is 3.82. The molecule has 24 heavy (non-hydrogen) atoms. The van der Waals surface area contributed by atoms with Gasteiger partial charge in [0.05, 0.1) is 0 Å². The van der Waals surface area contributed by atoms with E-state index in [0.717, 1.165) is 50.6 Å². The quantitative estimate of drug-likeness (QED) is 0.744. The van der Waals surface area contributed by atoms with Crippen molar-refractivity contribution in [3.05, 3.63) is 30.3 Å². The topological polar surface area (TPSA) is 58.2 Å². The number of carbonyl (C=O) groups excluding carboxylic acids is 1. The molecule has 1 unspecified atom stereocenters. The first-order valence-electron chi connectivity index (χ1n) is 9.20. The second-order valence-corrected chi connectivity index (χ2v) is 9.00. The van der Waals surface area contributed by atoms with E-state index in [0.29, 0.717) is 13.1 Å². The Balaban J connectivity index is 1.49. The van der Waals surface area contributed by atoms with Crippen LogP contribution in [0.4, 0.5) is 5.69 Å². The average molecular weight is 349 g/mol. The Kier molecular flexibility index (Phi) is 5.93. The van der Waals surface area contributed by atoms with Crippen LogP contribution in [-0.2, 0) is 15.6 Å². The molecular formula is C19H28N2O2S. The summed E-state index contributed by atoms with van der Waals surface area (Å²) in [6, 6.07) is 9.96. The third-order valence-corrected chi connectivity index (χ3v) is 7.77. The van der Waals surface area contributed by atoms with E-state index >= 15 is 0 Å². The highest BCUT2D eigenvalue weighted by Crippen LogP contribution is 2.41. The van der Waals surface area contributed by atoms with Gasteiger partial charge in [-0.05, 0) is 44.2 Å². The first-order chi connectivity index (χ1) is 11.7. The van der Waals surface area contributed by atoms with E-state index in [1.807, 2.05) is 30.3 Å². The summed E-state index contributed by atoms with van der Waals surface area (Å²) in [7, 11) is -1.03. The number of hydrogen-bond acceptors (Lipinski definition) is 3. The molecule has 0 saturated heterocycles. The fourth-order valence-electron chi connectivity index (χ4n) is 3.72. The van der Waals surface area contributed by atoms with Gasteiger partial charge in [0.1, 0.15) is 4.75 Å². The fraction of sp³-hybridized carbons (Fsp3) is 0.632. The SMILES string of the molecule is O=C(NCCNc1ccccc1)C1(S(=O)C2CCCCC2)CCC1. The van der Waals surface area contributed by atoms with Crippen LogP contribution in [0.1, 0.15) is 51.4 Å². The molecule has 2 aliphatic rings. The summed E-state index contributed by atoms with van der Waals surface area (Å²) in [5.41, 5.74) is 1.05. The molecule has 132 valence electrons. The zero-order valence-corrected chi connectivity index (χ0v) is 15.1. The van der Waals surface area contributed by atoms with Crippen molar-refractivity contribution in [1.29, 1.82) is 0 Å². The zero-order chi connectivity index (χ0) is 16.8. The molecule has 5 heteroatoms. The van der Waals surface area contributed by atoms with Gasteiger partial charge in [-0.2, -0.15) is 0 Å². The number of amides is 1. The first-order valence-corrected chi connectivity index (χ1v) is 10.4. The van der Waals surface area contributed by atoms with Gasteiger partial charge in [0, 0.05) is 34.8 Å². The van der Waals surface area contributed by atoms with Crippen LogP contribution in [0.2, 0.25) is 0 Å². The van der Waals surface area contributed by atoms with E-state index < -0.39 is 15.5 Å². The second kappa shape index (κ2) is 8.15. The van der Waals surface area contributed by atoms with E-state index in [1.165, 1.54) is 6.42 Å². The lowest BCUT2D eigenvalue weighted by molar-refractivity contribution is -0.125. The number of para-hydroxylation sites is 1. The van der Waals surface area contributed by atoms with Gasteiger partial charge in [0.2, 0.25) is 5.91 Å². The average Bonchev–Trinajstić information content (AvgIpc) is 2.59. The van der Waals surface area contributed by atoms with Crippen molar-refractivity contribution in [3.8, 4) is 0 Å². The minimum absolute atomic E-state index is 0.00696. The number of anilines is 1. The van der Waals surface area contributed by atoms with Crippen molar-refractivity contribution in [2.24, 2.45) is 0 Å². The van der Waals surface area contributed by atoms with Crippen molar-refractivity contribution >= 4 is 22.4 Å². The third-order valence-electron chi connectivity index (χ3n) is 5.33. The Hall–Kier alpha value is -1.36. The number of hydrogen-bond donors (Lipinski definition) is 2. The maximum Gasteiger partial charge on any atom is 0.238 e. The lowest BCUT2D eigenvalue weighted by Crippen LogP contribution is -2.57. The van der Waals surface area contributed by atoms with Crippen molar-refractivity contribution in [2.45, 2.75) is 61.4 Å². The minimum Gasteiger partial charge on any atom is -0.383 e. The van der Waals surface area contributed by atoms with Crippen LogP contribution in [0.25, 0.3) is 0 Å². The van der Waals surface area contributed by atoms with Crippen LogP contribution in [0.3, 0.4) is 0 Å². The summed E-state index contributed by atoms with van der Waals surface area (Å²) in [6.07, 6.45) is 8.22. The summed E-state index contributed by atoms with van der Waals surface area (Å²) >= 11 is 0. The van der Waals surface area contributed by atoms with Gasteiger partial charge in [0.25, 0.3) is 0 Å². The number of carbonyl (C=O) groups is 1. The molecule has 0 spiro atoms. The van der Waals surface area contributed by atoms with E-state index in [-0.39, 0.29) is 11.2 Å². The Labute approximate surface area is 147 Å². The van der Waals surface area contributed by atoms with Gasteiger partial charge in [0.15, 0.2) is 0 Å². The second-order valence-electron chi connectivity index (χ2n) is 6.95. The molecule has 2 fully saturated rings. The standard InChI is InChI=1S/C19H28N2O2S/c22-18(21-15-14-20-16-8-3-1-4-9-16)19(12-7-13-19)24(23)17-10-5-2-6-11-17/h1,3-4,8-9,17,20H,2,5-7,10-15H2,(H,21,22). The Morgan fingerprint density at radius 3 is 2.38 bits per heavy atom. The number of rotatable bonds is 7. The summed E-state index contributed by atoms with van der Waals surface area (Å²) in [4.78, 5) is 12.7. The molecule has 2 saturated carbocycles. The maximum absolute atomic E-state index is 13.0. The van der Waals surface area contributed by atoms with Crippen LogP contribution < -0.4 is 10.6 Å². The molecule has 3 rings (SSSR count). The summed E-state index contributed by atoms with van der Waals surface area (Å²) in [5, 5.41) is 6.54. The molecule has 4 nitrogen and oxygen atoms in total. The van der Waals surface area contributed by atoms with Crippen LogP contribution in [-0.4, -0.2) is 33.2 Å². The molecule has 0 heterocycles. The number of nitrogens with one attached hydrogen (secondary N) is 2. The van der Waals surface area contributed by atoms with Crippen LogP contribution >= 0.6 is 0 Å². The molecule has 2 aliphatic carbocycles. The summed E-state index contributed by atoms with van der Waals surface area (Å²) < 4.78 is 12.4. The van der Waals surface area contributed by atoms with Gasteiger partial charge < -0.3 is 10.6 Å². The highest BCUT2D eigenvalue weighted by molar-refractivity contribution is 7.88. The minimum atomic E-state index is -1.03. The molecule has 1 atom stereocenters. The predicted octanol–water partition coefficient (Wildman–Crippen LogP) is 3.22. The number of benzene rings is 1. The highest BCUT2D eigenvalue weighted by Gasteiger charge is 2.51. The molecule has 0 aromatic heterocycles. The van der Waals surface area contributed by atoms with Gasteiger partial charge >= 0.3 is 0 Å². The van der Waals surface area contributed by atoms with E-state index in [1.54, 1.807) is 0 Å². The lowest BCUT2D eigenvalue weighted by Gasteiger charge is -2.42. The highest BCUT2D eigenvalue weighted by atomic mass is 32.2. The maximum atomic E-state index is 13.0. The Morgan fingerprint density at radius 1 is 1.04 bits per heavy atom. The molecule has 1 amide bonds. The largest absolute Gasteiger partial charge is 0.383 e. The van der Waals surface area contributed by atoms with E-state index in [9.17, 15) is 9.00 Å². The monoisotopic (exact) mass is 348 g/mol. The summed E-state index contributed by atoms with van der Waals surface area (Å²) in [5.74, 6) is 0.00696. The van der Waals surface area contributed by atoms with Gasteiger partial charge in [-0.25, -0.2) is 0 Å². The molecule has 0 radical (unpaired) electrons. The van der Waals surface area contributed by atoms with Crippen molar-refractivity contribution in [3.63, 3.8) is 0 Å². The molecule has 1 aromatic rings. The molecule has 0 bridgehead atoms. The van der Waals surface area contributed by atoms with Crippen molar-refractivity contribution in [2.75, 3.05) is 18.4 Å². The van der Waals surface area contributed by atoms with Crippen molar-refractivity contribution < 1.29 is 9.00 Å². The Bertz CT molecular complexity index is 566. The first kappa shape index (κ1) is 17.5. The smallest absolute Gasteiger partial charge is 0.238 e. The normalized spacial score (nSPS) is 21.5.